The van der Waals surface area contributed by atoms with Crippen LogP contribution in [-0.4, -0.2) is 16.5 Å². The summed E-state index contributed by atoms with van der Waals surface area (Å²) >= 11 is 0. The Bertz CT molecular complexity index is 862. The maximum Gasteiger partial charge on any atom is 0.259 e. The smallest absolute Gasteiger partial charge is 0.259 e. The van der Waals surface area contributed by atoms with Crippen molar-refractivity contribution in [3.63, 3.8) is 0 Å². The molecule has 1 amide bonds. The van der Waals surface area contributed by atoms with Crippen molar-refractivity contribution in [3.8, 4) is 0 Å². The van der Waals surface area contributed by atoms with E-state index in [0.29, 0.717) is 5.39 Å². The van der Waals surface area contributed by atoms with Crippen LogP contribution in [0, 0.1) is 11.3 Å². The number of carbonyl (C=O) groups excluding carboxylic acids is 1. The van der Waals surface area contributed by atoms with Crippen molar-refractivity contribution in [2.24, 2.45) is 11.3 Å². The molecule has 0 spiro atoms. The first-order chi connectivity index (χ1) is 12.0. The highest BCUT2D eigenvalue weighted by Gasteiger charge is 2.48. The van der Waals surface area contributed by atoms with Crippen molar-refractivity contribution in [1.82, 2.24) is 9.88 Å². The van der Waals surface area contributed by atoms with E-state index in [1.54, 1.807) is 10.8 Å². The maximum absolute atomic E-state index is 12.8. The van der Waals surface area contributed by atoms with Crippen LogP contribution in [0.15, 0.2) is 41.3 Å². The summed E-state index contributed by atoms with van der Waals surface area (Å²) < 4.78 is 1.55. The predicted molar refractivity (Wildman–Crippen MR) is 99.5 cm³/mol. The predicted octanol–water partition coefficient (Wildman–Crippen LogP) is 3.65. The molecular formula is C21H26N2O2. The summed E-state index contributed by atoms with van der Waals surface area (Å²) in [6, 6.07) is 9.08. The molecule has 4 rings (SSSR count). The van der Waals surface area contributed by atoms with Gasteiger partial charge in [-0.3, -0.25) is 9.59 Å². The topological polar surface area (TPSA) is 51.1 Å². The normalized spacial score (nSPS) is 27.4. The Morgan fingerprint density at radius 2 is 1.92 bits per heavy atom. The summed E-state index contributed by atoms with van der Waals surface area (Å²) in [5.74, 6) is 0.800. The number of hydrogen-bond acceptors (Lipinski definition) is 2. The van der Waals surface area contributed by atoms with E-state index in [-0.39, 0.29) is 22.9 Å². The third-order valence-electron chi connectivity index (χ3n) is 6.71. The van der Waals surface area contributed by atoms with Crippen molar-refractivity contribution < 1.29 is 4.79 Å². The number of pyridine rings is 1. The number of nitrogens with zero attached hydrogens (tertiary/aromatic N) is 1. The number of nitrogens with one attached hydrogen (secondary N) is 1. The number of hydrogen-bond donors (Lipinski definition) is 1. The van der Waals surface area contributed by atoms with E-state index in [1.165, 1.54) is 32.1 Å². The van der Waals surface area contributed by atoms with E-state index >= 15 is 0 Å². The molecule has 1 aromatic carbocycles. The molecule has 132 valence electrons. The number of fused-ring (bicyclic) bond motifs is 3. The second-order valence-electron chi connectivity index (χ2n) is 8.03. The fraction of sp³-hybridized carbons (Fsp3) is 0.524. The van der Waals surface area contributed by atoms with Gasteiger partial charge in [-0.25, -0.2) is 0 Å². The van der Waals surface area contributed by atoms with Crippen molar-refractivity contribution in [2.45, 2.75) is 58.0 Å². The molecule has 25 heavy (non-hydrogen) atoms. The van der Waals surface area contributed by atoms with Crippen molar-refractivity contribution >= 4 is 16.7 Å². The van der Waals surface area contributed by atoms with Crippen LogP contribution in [0.2, 0.25) is 0 Å². The van der Waals surface area contributed by atoms with Gasteiger partial charge >= 0.3 is 0 Å². The monoisotopic (exact) mass is 338 g/mol. The first-order valence-corrected chi connectivity index (χ1v) is 9.40. The van der Waals surface area contributed by atoms with Gasteiger partial charge in [-0.15, -0.1) is 0 Å². The standard InChI is InChI=1S/C21H26N2O2/c1-14(23-12-9-17-5-3-4-6-18(17)20(23)25)19(24)22-15(2)21-10-7-16(13-21)8-11-21/h3-6,9,12,14-16H,7-8,10-11,13H2,1-2H3,(H,22,24). The third kappa shape index (κ3) is 2.68. The molecule has 0 aliphatic heterocycles. The van der Waals surface area contributed by atoms with Crippen molar-refractivity contribution in [2.75, 3.05) is 0 Å². The Morgan fingerprint density at radius 3 is 2.60 bits per heavy atom. The van der Waals surface area contributed by atoms with E-state index < -0.39 is 6.04 Å². The van der Waals surface area contributed by atoms with E-state index in [9.17, 15) is 9.59 Å². The first kappa shape index (κ1) is 16.4. The molecule has 2 bridgehead atoms. The largest absolute Gasteiger partial charge is 0.351 e. The van der Waals surface area contributed by atoms with Gasteiger partial charge in [0, 0.05) is 17.6 Å². The molecule has 2 atom stereocenters. The quantitative estimate of drug-likeness (QED) is 0.925. The molecule has 2 aliphatic rings. The number of aromatic nitrogens is 1. The lowest BCUT2D eigenvalue weighted by atomic mass is 9.78. The van der Waals surface area contributed by atoms with Crippen LogP contribution in [0.1, 0.15) is 52.0 Å². The van der Waals surface area contributed by atoms with Crippen LogP contribution in [-0.2, 0) is 4.79 Å². The highest BCUT2D eigenvalue weighted by Crippen LogP contribution is 2.55. The van der Waals surface area contributed by atoms with Crippen LogP contribution in [0.5, 0.6) is 0 Å². The molecule has 2 aromatic rings. The van der Waals surface area contributed by atoms with E-state index in [4.69, 9.17) is 0 Å². The fourth-order valence-electron chi connectivity index (χ4n) is 4.97. The lowest BCUT2D eigenvalue weighted by Crippen LogP contribution is -2.47. The minimum Gasteiger partial charge on any atom is -0.351 e. The van der Waals surface area contributed by atoms with Gasteiger partial charge in [0.1, 0.15) is 6.04 Å². The van der Waals surface area contributed by atoms with Gasteiger partial charge in [-0.05, 0) is 74.8 Å². The van der Waals surface area contributed by atoms with Crippen LogP contribution < -0.4 is 10.9 Å². The Morgan fingerprint density at radius 1 is 1.20 bits per heavy atom. The molecular weight excluding hydrogens is 312 g/mol. The molecule has 2 unspecified atom stereocenters. The molecule has 4 heteroatoms. The first-order valence-electron chi connectivity index (χ1n) is 9.40. The zero-order chi connectivity index (χ0) is 17.6. The Labute approximate surface area is 148 Å². The average molecular weight is 338 g/mol. The number of amides is 1. The summed E-state index contributed by atoms with van der Waals surface area (Å²) in [5.41, 5.74) is 0.183. The van der Waals surface area contributed by atoms with Crippen LogP contribution in [0.25, 0.3) is 10.8 Å². The molecule has 0 radical (unpaired) electrons. The lowest BCUT2D eigenvalue weighted by Gasteiger charge is -2.34. The Kier molecular flexibility index (Phi) is 3.94. The second-order valence-corrected chi connectivity index (χ2v) is 8.03. The Hall–Kier alpha value is -2.10. The van der Waals surface area contributed by atoms with Crippen LogP contribution >= 0.6 is 0 Å². The molecule has 1 aromatic heterocycles. The second kappa shape index (κ2) is 6.01. The summed E-state index contributed by atoms with van der Waals surface area (Å²) in [6.45, 7) is 3.95. The average Bonchev–Trinajstić information content (AvgIpc) is 3.24. The zero-order valence-electron chi connectivity index (χ0n) is 15.0. The fourth-order valence-corrected chi connectivity index (χ4v) is 4.97. The number of carbonyl (C=O) groups is 1. The zero-order valence-corrected chi connectivity index (χ0v) is 15.0. The number of benzene rings is 1. The lowest BCUT2D eigenvalue weighted by molar-refractivity contribution is -0.125. The van der Waals surface area contributed by atoms with Gasteiger partial charge in [-0.1, -0.05) is 18.2 Å². The van der Waals surface area contributed by atoms with E-state index in [1.807, 2.05) is 37.3 Å². The molecule has 2 fully saturated rings. The van der Waals surface area contributed by atoms with Gasteiger partial charge in [0.2, 0.25) is 5.91 Å². The van der Waals surface area contributed by atoms with Gasteiger partial charge in [-0.2, -0.15) is 0 Å². The molecule has 4 nitrogen and oxygen atoms in total. The summed E-state index contributed by atoms with van der Waals surface area (Å²) in [5, 5.41) is 4.78. The maximum atomic E-state index is 12.8. The number of rotatable bonds is 4. The minimum atomic E-state index is -0.505. The SMILES string of the molecule is CC(C(=O)NC(C)C12CCC(CC1)C2)n1ccc2ccccc2c1=O. The van der Waals surface area contributed by atoms with E-state index in [2.05, 4.69) is 12.2 Å². The third-order valence-corrected chi connectivity index (χ3v) is 6.71. The molecule has 1 heterocycles. The van der Waals surface area contributed by atoms with Crippen molar-refractivity contribution in [1.29, 1.82) is 0 Å². The Balaban J connectivity index is 1.54. The summed E-state index contributed by atoms with van der Waals surface area (Å²) in [6.07, 6.45) is 8.05. The van der Waals surface area contributed by atoms with Gasteiger partial charge < -0.3 is 9.88 Å². The molecule has 2 aliphatic carbocycles. The van der Waals surface area contributed by atoms with E-state index in [0.717, 1.165) is 11.3 Å². The summed E-state index contributed by atoms with van der Waals surface area (Å²) in [7, 11) is 0. The molecule has 2 saturated carbocycles. The van der Waals surface area contributed by atoms with Gasteiger partial charge in [0.15, 0.2) is 0 Å². The highest BCUT2D eigenvalue weighted by atomic mass is 16.2. The minimum absolute atomic E-state index is 0.0605. The van der Waals surface area contributed by atoms with Gasteiger partial charge in [0.05, 0.1) is 0 Å². The van der Waals surface area contributed by atoms with Crippen LogP contribution in [0.3, 0.4) is 0 Å². The molecule has 1 N–H and O–H groups in total. The molecule has 0 saturated heterocycles. The van der Waals surface area contributed by atoms with Crippen LogP contribution in [0.4, 0.5) is 0 Å². The van der Waals surface area contributed by atoms with Gasteiger partial charge in [0.25, 0.3) is 5.56 Å². The van der Waals surface area contributed by atoms with Crippen molar-refractivity contribution in [3.05, 3.63) is 46.9 Å². The summed E-state index contributed by atoms with van der Waals surface area (Å²) in [4.78, 5) is 25.5. The highest BCUT2D eigenvalue weighted by molar-refractivity contribution is 5.83.